The van der Waals surface area contributed by atoms with E-state index in [0.29, 0.717) is 22.6 Å². The van der Waals surface area contributed by atoms with Crippen LogP contribution in [0, 0.1) is 18.3 Å². The maximum Gasteiger partial charge on any atom is 0.172 e. The van der Waals surface area contributed by atoms with Gasteiger partial charge in [-0.1, -0.05) is 17.7 Å². The summed E-state index contributed by atoms with van der Waals surface area (Å²) in [5.74, 6) is 0.408. The number of carbonyl (C=O) groups excluding carboxylic acids is 1. The molecule has 1 aromatic heterocycles. The van der Waals surface area contributed by atoms with E-state index in [1.807, 2.05) is 6.07 Å². The van der Waals surface area contributed by atoms with Crippen LogP contribution >= 0.6 is 11.6 Å². The van der Waals surface area contributed by atoms with Gasteiger partial charge in [0.25, 0.3) is 0 Å². The molecule has 20 heavy (non-hydrogen) atoms. The fourth-order valence-electron chi connectivity index (χ4n) is 1.66. The second-order valence-electron chi connectivity index (χ2n) is 4.16. The van der Waals surface area contributed by atoms with E-state index in [9.17, 15) is 4.79 Å². The zero-order chi connectivity index (χ0) is 14.5. The van der Waals surface area contributed by atoms with E-state index in [0.717, 1.165) is 11.3 Å². The lowest BCUT2D eigenvalue weighted by Crippen LogP contribution is -2.01. The van der Waals surface area contributed by atoms with Crippen molar-refractivity contribution in [2.45, 2.75) is 13.5 Å². The maximum absolute atomic E-state index is 10.9. The van der Waals surface area contributed by atoms with Gasteiger partial charge in [0.15, 0.2) is 6.29 Å². The molecule has 4 nitrogen and oxygen atoms in total. The average molecular weight is 287 g/mol. The average Bonchev–Trinajstić information content (AvgIpc) is 2.46. The summed E-state index contributed by atoms with van der Waals surface area (Å²) >= 11 is 6.06. The molecule has 0 saturated heterocycles. The molecule has 0 spiro atoms. The third-order valence-corrected chi connectivity index (χ3v) is 3.05. The minimum Gasteiger partial charge on any atom is -0.486 e. The van der Waals surface area contributed by atoms with E-state index >= 15 is 0 Å². The van der Waals surface area contributed by atoms with Crippen LogP contribution in [0.5, 0.6) is 5.75 Å². The first-order valence-electron chi connectivity index (χ1n) is 5.88. The monoisotopic (exact) mass is 286 g/mol. The van der Waals surface area contributed by atoms with E-state index in [1.54, 1.807) is 37.3 Å². The highest BCUT2D eigenvalue weighted by Crippen LogP contribution is 2.21. The Kier molecular flexibility index (Phi) is 4.34. The lowest BCUT2D eigenvalue weighted by molar-refractivity contribution is 0.111. The summed E-state index contributed by atoms with van der Waals surface area (Å²) in [5, 5.41) is 9.22. The van der Waals surface area contributed by atoms with Crippen molar-refractivity contribution in [3.05, 3.63) is 57.9 Å². The minimum absolute atomic E-state index is 0.204. The molecule has 0 aliphatic heterocycles. The van der Waals surface area contributed by atoms with Gasteiger partial charge in [-0.2, -0.15) is 5.26 Å². The van der Waals surface area contributed by atoms with Crippen LogP contribution in [0.15, 0.2) is 30.3 Å². The molecule has 0 saturated carbocycles. The molecule has 0 fully saturated rings. The molecule has 0 N–H and O–H groups in total. The van der Waals surface area contributed by atoms with Crippen LogP contribution in [0.2, 0.25) is 5.02 Å². The molecule has 0 atom stereocenters. The first-order valence-corrected chi connectivity index (χ1v) is 6.26. The van der Waals surface area contributed by atoms with Crippen LogP contribution in [-0.2, 0) is 6.61 Å². The van der Waals surface area contributed by atoms with Crippen LogP contribution in [-0.4, -0.2) is 11.3 Å². The first kappa shape index (κ1) is 14.0. The van der Waals surface area contributed by atoms with Gasteiger partial charge in [-0.25, -0.2) is 4.98 Å². The smallest absolute Gasteiger partial charge is 0.172 e. The van der Waals surface area contributed by atoms with Gasteiger partial charge in [0.2, 0.25) is 0 Å². The Balaban J connectivity index is 2.17. The normalized spacial score (nSPS) is 9.85. The van der Waals surface area contributed by atoms with E-state index in [4.69, 9.17) is 21.6 Å². The Morgan fingerprint density at radius 1 is 1.40 bits per heavy atom. The van der Waals surface area contributed by atoms with Crippen molar-refractivity contribution < 1.29 is 9.53 Å². The summed E-state index contributed by atoms with van der Waals surface area (Å²) in [6.07, 6.45) is 0.655. The van der Waals surface area contributed by atoms with E-state index in [-0.39, 0.29) is 12.3 Å². The van der Waals surface area contributed by atoms with Crippen LogP contribution in [0.4, 0.5) is 0 Å². The Bertz CT molecular complexity index is 693. The van der Waals surface area contributed by atoms with Gasteiger partial charge in [-0.15, -0.1) is 0 Å². The number of carbonyl (C=O) groups is 1. The van der Waals surface area contributed by atoms with Crippen LogP contribution in [0.25, 0.3) is 0 Å². The Labute approximate surface area is 121 Å². The summed E-state index contributed by atoms with van der Waals surface area (Å²) in [4.78, 5) is 15.0. The minimum atomic E-state index is 0.204. The SMILES string of the molecule is Cc1ccc(OCc2ccc(C#N)cc2Cl)c(C=O)n1. The molecule has 1 heterocycles. The molecular formula is C15H11ClN2O2. The third kappa shape index (κ3) is 3.14. The van der Waals surface area contributed by atoms with E-state index in [1.165, 1.54) is 0 Å². The number of aldehydes is 1. The summed E-state index contributed by atoms with van der Waals surface area (Å²) in [7, 11) is 0. The molecule has 0 unspecified atom stereocenters. The summed E-state index contributed by atoms with van der Waals surface area (Å²) < 4.78 is 5.56. The number of halogens is 1. The number of ether oxygens (including phenoxy) is 1. The Morgan fingerprint density at radius 2 is 2.20 bits per heavy atom. The number of benzene rings is 1. The predicted molar refractivity (Wildman–Crippen MR) is 74.9 cm³/mol. The van der Waals surface area contributed by atoms with E-state index in [2.05, 4.69) is 4.98 Å². The maximum atomic E-state index is 10.9. The topological polar surface area (TPSA) is 63.0 Å². The molecule has 2 rings (SSSR count). The van der Waals surface area contributed by atoms with Gasteiger partial charge in [0, 0.05) is 16.3 Å². The standard InChI is InChI=1S/C15H11ClN2O2/c1-10-2-5-15(14(8-19)18-10)20-9-12-4-3-11(7-17)6-13(12)16/h2-6,8H,9H2,1H3. The number of nitrogens with zero attached hydrogens (tertiary/aromatic N) is 2. The lowest BCUT2D eigenvalue weighted by Gasteiger charge is -2.09. The molecule has 0 radical (unpaired) electrons. The van der Waals surface area contributed by atoms with Crippen molar-refractivity contribution in [2.75, 3.05) is 0 Å². The van der Waals surface area contributed by atoms with Crippen molar-refractivity contribution in [2.24, 2.45) is 0 Å². The quantitative estimate of drug-likeness (QED) is 0.809. The van der Waals surface area contributed by atoms with Crippen molar-refractivity contribution in [3.63, 3.8) is 0 Å². The summed E-state index contributed by atoms with van der Waals surface area (Å²) in [6.45, 7) is 2.00. The summed E-state index contributed by atoms with van der Waals surface area (Å²) in [5.41, 5.74) is 2.23. The number of hydrogen-bond acceptors (Lipinski definition) is 4. The predicted octanol–water partition coefficient (Wildman–Crippen LogP) is 3.31. The van der Waals surface area contributed by atoms with Gasteiger partial charge in [0.05, 0.1) is 11.6 Å². The number of pyridine rings is 1. The number of rotatable bonds is 4. The zero-order valence-electron chi connectivity index (χ0n) is 10.8. The fourth-order valence-corrected chi connectivity index (χ4v) is 1.90. The molecular weight excluding hydrogens is 276 g/mol. The summed E-state index contributed by atoms with van der Waals surface area (Å²) in [6, 6.07) is 10.4. The number of hydrogen-bond donors (Lipinski definition) is 0. The third-order valence-electron chi connectivity index (χ3n) is 2.70. The first-order chi connectivity index (χ1) is 9.63. The second-order valence-corrected chi connectivity index (χ2v) is 4.57. The molecule has 2 aromatic rings. The second kappa shape index (κ2) is 6.18. The van der Waals surface area contributed by atoms with Crippen molar-refractivity contribution in [1.29, 1.82) is 5.26 Å². The van der Waals surface area contributed by atoms with Gasteiger partial charge in [0.1, 0.15) is 18.1 Å². The molecule has 100 valence electrons. The lowest BCUT2D eigenvalue weighted by atomic mass is 10.1. The zero-order valence-corrected chi connectivity index (χ0v) is 11.5. The number of aryl methyl sites for hydroxylation is 1. The molecule has 0 amide bonds. The molecule has 0 bridgehead atoms. The van der Waals surface area contributed by atoms with Crippen molar-refractivity contribution in [1.82, 2.24) is 4.98 Å². The number of nitriles is 1. The van der Waals surface area contributed by atoms with Crippen LogP contribution in [0.3, 0.4) is 0 Å². The van der Waals surface area contributed by atoms with Crippen LogP contribution < -0.4 is 4.74 Å². The van der Waals surface area contributed by atoms with Gasteiger partial charge in [-0.05, 0) is 31.2 Å². The molecule has 1 aromatic carbocycles. The van der Waals surface area contributed by atoms with E-state index < -0.39 is 0 Å². The highest BCUT2D eigenvalue weighted by atomic mass is 35.5. The van der Waals surface area contributed by atoms with Gasteiger partial charge >= 0.3 is 0 Å². The van der Waals surface area contributed by atoms with Gasteiger partial charge in [-0.3, -0.25) is 4.79 Å². The van der Waals surface area contributed by atoms with Crippen molar-refractivity contribution in [3.8, 4) is 11.8 Å². The molecule has 0 aliphatic rings. The van der Waals surface area contributed by atoms with Crippen molar-refractivity contribution >= 4 is 17.9 Å². The number of aromatic nitrogens is 1. The van der Waals surface area contributed by atoms with Crippen LogP contribution in [0.1, 0.15) is 27.3 Å². The highest BCUT2D eigenvalue weighted by Gasteiger charge is 2.07. The molecule has 5 heteroatoms. The Morgan fingerprint density at radius 3 is 2.85 bits per heavy atom. The highest BCUT2D eigenvalue weighted by molar-refractivity contribution is 6.31. The fraction of sp³-hybridized carbons (Fsp3) is 0.133. The van der Waals surface area contributed by atoms with Gasteiger partial charge < -0.3 is 4.74 Å². The molecule has 0 aliphatic carbocycles. The largest absolute Gasteiger partial charge is 0.486 e. The Hall–Kier alpha value is -2.38.